The quantitative estimate of drug-likeness (QED) is 0.305. The monoisotopic (exact) mass is 318 g/mol. The molecule has 0 aliphatic heterocycles. The van der Waals surface area contributed by atoms with Crippen LogP contribution in [0, 0.1) is 5.92 Å². The number of carbonyl (C=O) groups excluding carboxylic acids is 1. The molecule has 0 aromatic rings. The molecule has 2 heteroatoms. The first-order valence-electron chi connectivity index (χ1n) is 7.84. The van der Waals surface area contributed by atoms with Crippen LogP contribution >= 0.6 is 15.9 Å². The van der Waals surface area contributed by atoms with Crippen molar-refractivity contribution < 1.29 is 4.79 Å². The molecule has 108 valence electrons. The summed E-state index contributed by atoms with van der Waals surface area (Å²) < 4.78 is 0. The predicted molar refractivity (Wildman–Crippen MR) is 84.4 cm³/mol. The number of unbranched alkanes of at least 4 members (excludes halogenated alkanes) is 6. The van der Waals surface area contributed by atoms with Crippen molar-refractivity contribution in [3.8, 4) is 0 Å². The van der Waals surface area contributed by atoms with E-state index < -0.39 is 0 Å². The number of hydrogen-bond acceptors (Lipinski definition) is 1. The number of halogens is 1. The van der Waals surface area contributed by atoms with Crippen LogP contribution in [-0.4, -0.2) is 11.1 Å². The fourth-order valence-corrected chi connectivity index (χ4v) is 2.79. The van der Waals surface area contributed by atoms with Crippen LogP contribution in [0.5, 0.6) is 0 Å². The van der Waals surface area contributed by atoms with Gasteiger partial charge in [-0.15, -0.1) is 0 Å². The Morgan fingerprint density at radius 3 is 1.94 bits per heavy atom. The molecule has 18 heavy (non-hydrogen) atoms. The van der Waals surface area contributed by atoms with Gasteiger partial charge in [0, 0.05) is 17.7 Å². The molecule has 0 aliphatic carbocycles. The van der Waals surface area contributed by atoms with Gasteiger partial charge in [-0.1, -0.05) is 81.1 Å². The summed E-state index contributed by atoms with van der Waals surface area (Å²) in [7, 11) is 0. The Labute approximate surface area is 122 Å². The smallest absolute Gasteiger partial charge is 0.136 e. The highest BCUT2D eigenvalue weighted by molar-refractivity contribution is 9.09. The van der Waals surface area contributed by atoms with Crippen molar-refractivity contribution in [2.75, 3.05) is 5.33 Å². The maximum atomic E-state index is 12.0. The fourth-order valence-electron chi connectivity index (χ4n) is 2.40. The van der Waals surface area contributed by atoms with Crippen molar-refractivity contribution in [3.63, 3.8) is 0 Å². The molecule has 0 bridgehead atoms. The second-order valence-electron chi connectivity index (χ2n) is 5.30. The van der Waals surface area contributed by atoms with Crippen LogP contribution in [0.1, 0.15) is 84.5 Å². The number of Topliss-reactive ketones (excluding diaryl/α,β-unsaturated/α-hetero) is 1. The van der Waals surface area contributed by atoms with Crippen molar-refractivity contribution in [2.45, 2.75) is 84.5 Å². The minimum atomic E-state index is 0.343. The van der Waals surface area contributed by atoms with Gasteiger partial charge in [0.2, 0.25) is 0 Å². The number of alkyl halides is 1. The SMILES string of the molecule is CCCCCCCC(CCCCC)C(=O)CCBr. The average Bonchev–Trinajstić information content (AvgIpc) is 2.37. The highest BCUT2D eigenvalue weighted by atomic mass is 79.9. The van der Waals surface area contributed by atoms with Gasteiger partial charge in [-0.25, -0.2) is 0 Å². The molecular formula is C16H31BrO. The van der Waals surface area contributed by atoms with E-state index in [0.717, 1.165) is 18.2 Å². The molecule has 0 heterocycles. The minimum Gasteiger partial charge on any atom is -0.299 e. The molecule has 1 unspecified atom stereocenters. The van der Waals surface area contributed by atoms with E-state index in [0.29, 0.717) is 18.1 Å². The van der Waals surface area contributed by atoms with E-state index >= 15 is 0 Å². The lowest BCUT2D eigenvalue weighted by atomic mass is 9.90. The molecule has 0 spiro atoms. The zero-order valence-electron chi connectivity index (χ0n) is 12.3. The van der Waals surface area contributed by atoms with E-state index in [-0.39, 0.29) is 0 Å². The molecule has 0 saturated carbocycles. The van der Waals surface area contributed by atoms with Gasteiger partial charge >= 0.3 is 0 Å². The number of carbonyl (C=O) groups is 1. The van der Waals surface area contributed by atoms with Crippen molar-refractivity contribution >= 4 is 21.7 Å². The Hall–Kier alpha value is 0.150. The summed E-state index contributed by atoms with van der Waals surface area (Å²) in [5, 5.41) is 0.825. The molecule has 1 nitrogen and oxygen atoms in total. The highest BCUT2D eigenvalue weighted by Gasteiger charge is 2.16. The largest absolute Gasteiger partial charge is 0.299 e. The molecule has 0 radical (unpaired) electrons. The Morgan fingerprint density at radius 2 is 1.39 bits per heavy atom. The van der Waals surface area contributed by atoms with Crippen molar-refractivity contribution in [1.29, 1.82) is 0 Å². The van der Waals surface area contributed by atoms with Gasteiger partial charge < -0.3 is 0 Å². The van der Waals surface area contributed by atoms with E-state index in [4.69, 9.17) is 0 Å². The second kappa shape index (κ2) is 13.6. The summed E-state index contributed by atoms with van der Waals surface area (Å²) in [6, 6.07) is 0. The van der Waals surface area contributed by atoms with E-state index in [9.17, 15) is 4.79 Å². The van der Waals surface area contributed by atoms with Crippen LogP contribution in [-0.2, 0) is 4.79 Å². The highest BCUT2D eigenvalue weighted by Crippen LogP contribution is 2.20. The van der Waals surface area contributed by atoms with Gasteiger partial charge in [0.1, 0.15) is 5.78 Å². The van der Waals surface area contributed by atoms with Gasteiger partial charge in [-0.2, -0.15) is 0 Å². The first kappa shape index (κ1) is 18.1. The van der Waals surface area contributed by atoms with Crippen LogP contribution in [0.2, 0.25) is 0 Å². The Bertz CT molecular complexity index is 192. The Morgan fingerprint density at radius 1 is 0.889 bits per heavy atom. The van der Waals surface area contributed by atoms with Crippen LogP contribution in [0.25, 0.3) is 0 Å². The first-order chi connectivity index (χ1) is 8.76. The summed E-state index contributed by atoms with van der Waals surface area (Å²) in [6.07, 6.45) is 13.2. The van der Waals surface area contributed by atoms with Crippen molar-refractivity contribution in [3.05, 3.63) is 0 Å². The first-order valence-corrected chi connectivity index (χ1v) is 8.97. The molecule has 1 atom stereocenters. The van der Waals surface area contributed by atoms with Gasteiger partial charge in [0.15, 0.2) is 0 Å². The Kier molecular flexibility index (Phi) is 13.7. The minimum absolute atomic E-state index is 0.343. The molecular weight excluding hydrogens is 288 g/mol. The standard InChI is InChI=1S/C16H31BrO/c1-3-5-7-8-10-12-15(11-9-6-4-2)16(18)13-14-17/h15H,3-14H2,1-2H3. The van der Waals surface area contributed by atoms with Gasteiger partial charge in [0.05, 0.1) is 0 Å². The average molecular weight is 319 g/mol. The van der Waals surface area contributed by atoms with E-state index in [1.165, 1.54) is 51.4 Å². The van der Waals surface area contributed by atoms with Crippen molar-refractivity contribution in [2.24, 2.45) is 5.92 Å². The lowest BCUT2D eigenvalue weighted by molar-refractivity contribution is -0.122. The third-order valence-corrected chi connectivity index (χ3v) is 4.01. The third kappa shape index (κ3) is 10.1. The lowest BCUT2D eigenvalue weighted by Crippen LogP contribution is -2.15. The van der Waals surface area contributed by atoms with Crippen LogP contribution < -0.4 is 0 Å². The van der Waals surface area contributed by atoms with Crippen LogP contribution in [0.4, 0.5) is 0 Å². The van der Waals surface area contributed by atoms with Gasteiger partial charge in [-0.05, 0) is 12.8 Å². The van der Waals surface area contributed by atoms with Crippen LogP contribution in [0.3, 0.4) is 0 Å². The predicted octanol–water partition coefficient (Wildman–Crippen LogP) is 5.90. The molecule has 0 rings (SSSR count). The zero-order chi connectivity index (χ0) is 13.6. The molecule has 0 saturated heterocycles. The maximum Gasteiger partial charge on any atom is 0.136 e. The molecule has 0 aliphatic rings. The second-order valence-corrected chi connectivity index (χ2v) is 6.09. The Balaban J connectivity index is 3.84. The topological polar surface area (TPSA) is 17.1 Å². The van der Waals surface area contributed by atoms with E-state index in [2.05, 4.69) is 29.8 Å². The molecule has 0 aromatic heterocycles. The van der Waals surface area contributed by atoms with Gasteiger partial charge in [-0.3, -0.25) is 4.79 Å². The molecule has 0 aromatic carbocycles. The van der Waals surface area contributed by atoms with E-state index in [1.54, 1.807) is 0 Å². The number of ketones is 1. The summed E-state index contributed by atoms with van der Waals surface area (Å²) in [5.74, 6) is 0.828. The van der Waals surface area contributed by atoms with Crippen LogP contribution in [0.15, 0.2) is 0 Å². The van der Waals surface area contributed by atoms with E-state index in [1.807, 2.05) is 0 Å². The van der Waals surface area contributed by atoms with Crippen molar-refractivity contribution in [1.82, 2.24) is 0 Å². The number of rotatable bonds is 13. The maximum absolute atomic E-state index is 12.0. The molecule has 0 amide bonds. The molecule has 0 N–H and O–H groups in total. The summed E-state index contributed by atoms with van der Waals surface area (Å²) in [6.45, 7) is 4.47. The normalized spacial score (nSPS) is 12.6. The summed E-state index contributed by atoms with van der Waals surface area (Å²) >= 11 is 3.38. The number of hydrogen-bond donors (Lipinski definition) is 0. The summed E-state index contributed by atoms with van der Waals surface area (Å²) in [4.78, 5) is 12.0. The van der Waals surface area contributed by atoms with Gasteiger partial charge in [0.25, 0.3) is 0 Å². The lowest BCUT2D eigenvalue weighted by Gasteiger charge is -2.15. The molecule has 0 fully saturated rings. The summed E-state index contributed by atoms with van der Waals surface area (Å²) in [5.41, 5.74) is 0. The zero-order valence-corrected chi connectivity index (χ0v) is 13.9. The third-order valence-electron chi connectivity index (χ3n) is 3.61. The fraction of sp³-hybridized carbons (Fsp3) is 0.938.